The van der Waals surface area contributed by atoms with Gasteiger partial charge in [0, 0.05) is 25.6 Å². The lowest BCUT2D eigenvalue weighted by molar-refractivity contribution is -0.144. The Morgan fingerprint density at radius 1 is 1.36 bits per heavy atom. The van der Waals surface area contributed by atoms with Crippen molar-refractivity contribution in [2.24, 2.45) is 5.92 Å². The molecule has 0 aromatic rings. The van der Waals surface area contributed by atoms with Gasteiger partial charge in [-0.05, 0) is 12.8 Å². The van der Waals surface area contributed by atoms with Gasteiger partial charge in [0.25, 0.3) is 0 Å². The Morgan fingerprint density at radius 2 is 1.96 bits per heavy atom. The van der Waals surface area contributed by atoms with Crippen LogP contribution in [-0.4, -0.2) is 79.8 Å². The van der Waals surface area contributed by atoms with Crippen molar-refractivity contribution in [1.82, 2.24) is 9.21 Å². The van der Waals surface area contributed by atoms with Gasteiger partial charge in [-0.25, -0.2) is 8.42 Å². The van der Waals surface area contributed by atoms with E-state index < -0.39 is 28.6 Å². The van der Waals surface area contributed by atoms with Crippen molar-refractivity contribution in [3.05, 3.63) is 25.3 Å². The molecule has 0 radical (unpaired) electrons. The van der Waals surface area contributed by atoms with Crippen LogP contribution < -0.4 is 0 Å². The van der Waals surface area contributed by atoms with Crippen molar-refractivity contribution in [1.29, 1.82) is 0 Å². The van der Waals surface area contributed by atoms with E-state index >= 15 is 0 Å². The molecule has 9 heteroatoms. The molecule has 8 nitrogen and oxygen atoms in total. The van der Waals surface area contributed by atoms with Crippen LogP contribution in [0.4, 0.5) is 0 Å². The lowest BCUT2D eigenvalue weighted by Crippen LogP contribution is -2.52. The van der Waals surface area contributed by atoms with Gasteiger partial charge in [0.2, 0.25) is 15.9 Å². The van der Waals surface area contributed by atoms with Crippen LogP contribution in [0.15, 0.2) is 25.3 Å². The number of hydrogen-bond donors (Lipinski definition) is 1. The fourth-order valence-corrected chi connectivity index (χ4v) is 3.47. The number of aliphatic carboxylic acids is 1. The van der Waals surface area contributed by atoms with E-state index in [2.05, 4.69) is 13.2 Å². The average molecular weight is 374 g/mol. The smallest absolute Gasteiger partial charge is 0.318 e. The van der Waals surface area contributed by atoms with E-state index in [0.717, 1.165) is 10.6 Å². The molecule has 1 aliphatic rings. The highest BCUT2D eigenvalue weighted by Gasteiger charge is 2.31. The third-order valence-electron chi connectivity index (χ3n) is 3.89. The van der Waals surface area contributed by atoms with Gasteiger partial charge in [-0.2, -0.15) is 4.31 Å². The zero-order valence-electron chi connectivity index (χ0n) is 14.5. The SMILES string of the molecule is C=CCC(CC=C)C(=O)N1CCOC(CN(CC(=O)O)S(C)(=O)=O)C1. The molecule has 1 unspecified atom stereocenters. The number of hydrogen-bond acceptors (Lipinski definition) is 5. The van der Waals surface area contributed by atoms with Crippen molar-refractivity contribution < 1.29 is 27.9 Å². The summed E-state index contributed by atoms with van der Waals surface area (Å²) < 4.78 is 29.9. The van der Waals surface area contributed by atoms with Crippen molar-refractivity contribution in [3.8, 4) is 0 Å². The summed E-state index contributed by atoms with van der Waals surface area (Å²) in [4.78, 5) is 25.1. The van der Waals surface area contributed by atoms with Crippen molar-refractivity contribution in [2.75, 3.05) is 39.0 Å². The summed E-state index contributed by atoms with van der Waals surface area (Å²) in [5.74, 6) is -1.55. The zero-order valence-corrected chi connectivity index (χ0v) is 15.3. The number of amides is 1. The first-order chi connectivity index (χ1) is 11.7. The quantitative estimate of drug-likeness (QED) is 0.553. The minimum Gasteiger partial charge on any atom is -0.480 e. The molecule has 1 atom stereocenters. The maximum atomic E-state index is 12.6. The summed E-state index contributed by atoms with van der Waals surface area (Å²) in [6.45, 7) is 7.48. The van der Waals surface area contributed by atoms with Gasteiger partial charge in [0.15, 0.2) is 0 Å². The highest BCUT2D eigenvalue weighted by molar-refractivity contribution is 7.88. The molecule has 0 saturated carbocycles. The monoisotopic (exact) mass is 374 g/mol. The second kappa shape index (κ2) is 9.69. The maximum absolute atomic E-state index is 12.6. The molecule has 1 N–H and O–H groups in total. The number of allylic oxidation sites excluding steroid dienone is 2. The maximum Gasteiger partial charge on any atom is 0.318 e. The van der Waals surface area contributed by atoms with Gasteiger partial charge >= 0.3 is 5.97 Å². The van der Waals surface area contributed by atoms with Crippen LogP contribution in [-0.2, 0) is 24.3 Å². The highest BCUT2D eigenvalue weighted by atomic mass is 32.2. The Labute approximate surface area is 148 Å². The summed E-state index contributed by atoms with van der Waals surface area (Å²) >= 11 is 0. The predicted molar refractivity (Wildman–Crippen MR) is 93.5 cm³/mol. The minimum absolute atomic E-state index is 0.0581. The standard InChI is InChI=1S/C16H26N2O6S/c1-4-6-13(7-5-2)16(21)17-8-9-24-14(10-17)11-18(12-15(19)20)25(3,22)23/h4-5,13-14H,1-2,6-12H2,3H3,(H,19,20). The van der Waals surface area contributed by atoms with E-state index in [1.165, 1.54) is 0 Å². The lowest BCUT2D eigenvalue weighted by Gasteiger charge is -2.36. The highest BCUT2D eigenvalue weighted by Crippen LogP contribution is 2.17. The van der Waals surface area contributed by atoms with Crippen molar-refractivity contribution >= 4 is 21.9 Å². The molecule has 1 aliphatic heterocycles. The van der Waals surface area contributed by atoms with Crippen LogP contribution in [0.5, 0.6) is 0 Å². The number of carbonyl (C=O) groups excluding carboxylic acids is 1. The second-order valence-corrected chi connectivity index (χ2v) is 7.95. The van der Waals surface area contributed by atoms with E-state index in [1.807, 2.05) is 0 Å². The van der Waals surface area contributed by atoms with Crippen LogP contribution in [0, 0.1) is 5.92 Å². The van der Waals surface area contributed by atoms with Gasteiger partial charge in [0.1, 0.15) is 6.54 Å². The number of rotatable bonds is 10. The van der Waals surface area contributed by atoms with Crippen LogP contribution in [0.25, 0.3) is 0 Å². The summed E-state index contributed by atoms with van der Waals surface area (Å²) in [5, 5.41) is 8.88. The Morgan fingerprint density at radius 3 is 2.44 bits per heavy atom. The van der Waals surface area contributed by atoms with Gasteiger partial charge in [-0.1, -0.05) is 12.2 Å². The molecule has 0 bridgehead atoms. The molecule has 0 aliphatic carbocycles. The molecular formula is C16H26N2O6S. The van der Waals surface area contributed by atoms with Crippen LogP contribution in [0.3, 0.4) is 0 Å². The molecule has 0 spiro atoms. The first-order valence-electron chi connectivity index (χ1n) is 7.98. The Balaban J connectivity index is 2.78. The van der Waals surface area contributed by atoms with Crippen molar-refractivity contribution in [3.63, 3.8) is 0 Å². The Bertz CT molecular complexity index is 594. The Hall–Kier alpha value is -1.71. The number of nitrogens with zero attached hydrogens (tertiary/aromatic N) is 2. The molecule has 1 heterocycles. The molecule has 1 fully saturated rings. The number of carboxylic acid groups (broad SMARTS) is 1. The number of carbonyl (C=O) groups is 2. The van der Waals surface area contributed by atoms with Gasteiger partial charge in [0.05, 0.1) is 19.0 Å². The van der Waals surface area contributed by atoms with Crippen LogP contribution >= 0.6 is 0 Å². The molecule has 1 rings (SSSR count). The summed E-state index contributed by atoms with van der Waals surface area (Å²) in [6, 6.07) is 0. The van der Waals surface area contributed by atoms with E-state index in [4.69, 9.17) is 9.84 Å². The van der Waals surface area contributed by atoms with Gasteiger partial charge < -0.3 is 14.7 Å². The van der Waals surface area contributed by atoms with Crippen LogP contribution in [0.2, 0.25) is 0 Å². The van der Waals surface area contributed by atoms with E-state index in [0.29, 0.717) is 19.4 Å². The van der Waals surface area contributed by atoms with Crippen LogP contribution in [0.1, 0.15) is 12.8 Å². The Kier molecular flexibility index (Phi) is 8.27. The fraction of sp³-hybridized carbons (Fsp3) is 0.625. The molecule has 1 saturated heterocycles. The van der Waals surface area contributed by atoms with E-state index in [1.54, 1.807) is 17.1 Å². The molecule has 0 aromatic heterocycles. The topological polar surface area (TPSA) is 104 Å². The minimum atomic E-state index is -3.69. The normalized spacial score (nSPS) is 18.4. The first kappa shape index (κ1) is 21.3. The number of ether oxygens (including phenoxy) is 1. The lowest BCUT2D eigenvalue weighted by atomic mass is 9.99. The third kappa shape index (κ3) is 6.97. The summed E-state index contributed by atoms with van der Waals surface area (Å²) in [5.41, 5.74) is 0. The van der Waals surface area contributed by atoms with E-state index in [9.17, 15) is 18.0 Å². The first-order valence-corrected chi connectivity index (χ1v) is 9.83. The second-order valence-electron chi connectivity index (χ2n) is 5.97. The molecule has 1 amide bonds. The van der Waals surface area contributed by atoms with Gasteiger partial charge in [-0.15, -0.1) is 13.2 Å². The third-order valence-corrected chi connectivity index (χ3v) is 5.11. The van der Waals surface area contributed by atoms with Gasteiger partial charge in [-0.3, -0.25) is 9.59 Å². The number of carboxylic acids is 1. The average Bonchev–Trinajstić information content (AvgIpc) is 2.52. The molecular weight excluding hydrogens is 348 g/mol. The molecule has 0 aromatic carbocycles. The number of sulfonamides is 1. The van der Waals surface area contributed by atoms with Crippen molar-refractivity contribution in [2.45, 2.75) is 18.9 Å². The summed E-state index contributed by atoms with van der Waals surface area (Å²) in [6.07, 6.45) is 4.80. The largest absolute Gasteiger partial charge is 0.480 e. The number of morpholine rings is 1. The molecule has 142 valence electrons. The zero-order chi connectivity index (χ0) is 19.0. The molecule has 25 heavy (non-hydrogen) atoms. The van der Waals surface area contributed by atoms with E-state index in [-0.39, 0.29) is 31.5 Å². The summed E-state index contributed by atoms with van der Waals surface area (Å²) in [7, 11) is -3.69. The fourth-order valence-electron chi connectivity index (χ4n) is 2.68. The predicted octanol–water partition coefficient (Wildman–Crippen LogP) is 0.328.